The molecule has 0 bridgehead atoms. The molecule has 47 heavy (non-hydrogen) atoms. The Morgan fingerprint density at radius 2 is 1.21 bits per heavy atom. The summed E-state index contributed by atoms with van der Waals surface area (Å²) in [6.45, 7) is 4.46. The van der Waals surface area contributed by atoms with Crippen molar-refractivity contribution >= 4 is 17.9 Å². The van der Waals surface area contributed by atoms with Crippen molar-refractivity contribution in [2.75, 3.05) is 41.0 Å². The number of unbranched alkanes of at least 4 members (excludes halogenated alkanes) is 12. The van der Waals surface area contributed by atoms with Crippen molar-refractivity contribution < 1.29 is 38.2 Å². The lowest BCUT2D eigenvalue weighted by atomic mass is 10.1. The summed E-state index contributed by atoms with van der Waals surface area (Å²) in [6, 6.07) is -0.728. The normalized spacial score (nSPS) is 13.5. The first-order valence-electron chi connectivity index (χ1n) is 18.5. The second-order valence-electron chi connectivity index (χ2n) is 13.4. The van der Waals surface area contributed by atoms with E-state index >= 15 is 0 Å². The van der Waals surface area contributed by atoms with Crippen LogP contribution in [0.4, 0.5) is 0 Å². The van der Waals surface area contributed by atoms with Crippen LogP contribution in [0.3, 0.4) is 0 Å². The molecule has 0 saturated heterocycles. The Balaban J connectivity index is 4.47. The van der Waals surface area contributed by atoms with Crippen LogP contribution < -0.4 is 5.11 Å². The van der Waals surface area contributed by atoms with Crippen molar-refractivity contribution in [1.29, 1.82) is 0 Å². The van der Waals surface area contributed by atoms with Crippen LogP contribution in [0.2, 0.25) is 0 Å². The summed E-state index contributed by atoms with van der Waals surface area (Å²) in [5.41, 5.74) is 0. The van der Waals surface area contributed by atoms with Crippen molar-refractivity contribution in [2.24, 2.45) is 0 Å². The monoisotopic (exact) mass is 664 g/mol. The molecule has 0 aromatic carbocycles. The lowest BCUT2D eigenvalue weighted by Crippen LogP contribution is -2.55. The molecule has 0 amide bonds. The molecular formula is C39H69NO7. The second-order valence-corrected chi connectivity index (χ2v) is 13.4. The van der Waals surface area contributed by atoms with Gasteiger partial charge in [0.25, 0.3) is 0 Å². The predicted octanol–water partition coefficient (Wildman–Crippen LogP) is 7.79. The molecule has 0 saturated carbocycles. The van der Waals surface area contributed by atoms with E-state index in [-0.39, 0.29) is 42.7 Å². The number of carbonyl (C=O) groups excluding carboxylic acids is 3. The Bertz CT molecular complexity index is 875. The van der Waals surface area contributed by atoms with Gasteiger partial charge in [0.1, 0.15) is 12.6 Å². The van der Waals surface area contributed by atoms with Crippen molar-refractivity contribution in [3.63, 3.8) is 0 Å². The molecule has 272 valence electrons. The highest BCUT2D eigenvalue weighted by atomic mass is 16.6. The zero-order chi connectivity index (χ0) is 35.0. The molecule has 8 nitrogen and oxygen atoms in total. The summed E-state index contributed by atoms with van der Waals surface area (Å²) in [7, 11) is 5.38. The first-order valence-corrected chi connectivity index (χ1v) is 18.5. The lowest BCUT2D eigenvalue weighted by molar-refractivity contribution is -0.889. The quantitative estimate of drug-likeness (QED) is 0.0313. The van der Waals surface area contributed by atoms with Gasteiger partial charge in [0, 0.05) is 19.3 Å². The van der Waals surface area contributed by atoms with E-state index in [0.717, 1.165) is 51.4 Å². The number of nitrogens with zero attached hydrogens (tertiary/aromatic N) is 1. The number of aliphatic carboxylic acids is 1. The van der Waals surface area contributed by atoms with Gasteiger partial charge in [0.2, 0.25) is 0 Å². The van der Waals surface area contributed by atoms with Crippen LogP contribution in [0.5, 0.6) is 0 Å². The van der Waals surface area contributed by atoms with E-state index in [9.17, 15) is 19.5 Å². The fourth-order valence-corrected chi connectivity index (χ4v) is 5.11. The first-order chi connectivity index (χ1) is 22.6. The molecule has 2 atom stereocenters. The average molecular weight is 664 g/mol. The minimum atomic E-state index is -1.13. The third-order valence-corrected chi connectivity index (χ3v) is 8.01. The van der Waals surface area contributed by atoms with E-state index in [1.807, 2.05) is 0 Å². The van der Waals surface area contributed by atoms with Crippen LogP contribution in [0, 0.1) is 0 Å². The van der Waals surface area contributed by atoms with E-state index in [1.165, 1.54) is 51.4 Å². The molecule has 2 unspecified atom stereocenters. The number of rotatable bonds is 32. The second kappa shape index (κ2) is 30.9. The molecule has 0 heterocycles. The summed E-state index contributed by atoms with van der Waals surface area (Å²) in [4.78, 5) is 36.5. The molecule has 0 N–H and O–H groups in total. The lowest BCUT2D eigenvalue weighted by Gasteiger charge is -2.34. The number of carbonyl (C=O) groups is 3. The van der Waals surface area contributed by atoms with Gasteiger partial charge >= 0.3 is 11.9 Å². The summed E-state index contributed by atoms with van der Waals surface area (Å²) >= 11 is 0. The highest BCUT2D eigenvalue weighted by Crippen LogP contribution is 2.12. The standard InChI is InChI=1S/C39H69NO7/c1-6-8-10-12-14-16-17-18-19-20-22-24-26-28-30-38(42)47-35(33-45-32-31-36(39(43)44)40(3,4)5)34-46-37(41)29-27-25-23-21-15-13-11-9-7-2/h8,10,14,16,21,23,35-36H,6-7,9,11-13,15,17-20,22,24-34H2,1-5H3/b10-8+,16-14+,23-21+. The first kappa shape index (κ1) is 44.5. The van der Waals surface area contributed by atoms with Gasteiger partial charge < -0.3 is 28.6 Å². The van der Waals surface area contributed by atoms with Crippen molar-refractivity contribution in [3.05, 3.63) is 36.5 Å². The SMILES string of the molecule is CC/C=C/C/C=C/CCCCCCCCCC(=O)OC(COCCC(C(=O)[O-])[N+](C)(C)C)COC(=O)CCC/C=C/CCCCCC. The maximum absolute atomic E-state index is 12.6. The molecule has 0 aromatic rings. The van der Waals surface area contributed by atoms with Crippen molar-refractivity contribution in [2.45, 2.75) is 154 Å². The number of carboxylic acid groups (broad SMARTS) is 1. The number of quaternary nitrogens is 1. The number of carboxylic acids is 1. The van der Waals surface area contributed by atoms with Gasteiger partial charge in [-0.2, -0.15) is 0 Å². The predicted molar refractivity (Wildman–Crippen MR) is 190 cm³/mol. The van der Waals surface area contributed by atoms with Crippen LogP contribution in [0.25, 0.3) is 0 Å². The number of hydrogen-bond acceptors (Lipinski definition) is 7. The van der Waals surface area contributed by atoms with Crippen LogP contribution in [0.1, 0.15) is 142 Å². The van der Waals surface area contributed by atoms with Crippen molar-refractivity contribution in [1.82, 2.24) is 0 Å². The van der Waals surface area contributed by atoms with Crippen LogP contribution >= 0.6 is 0 Å². The summed E-state index contributed by atoms with van der Waals surface area (Å²) in [5.74, 6) is -1.80. The van der Waals surface area contributed by atoms with Gasteiger partial charge in [-0.1, -0.05) is 102 Å². The molecule has 0 aliphatic rings. The molecule has 0 aliphatic carbocycles. The van der Waals surface area contributed by atoms with Crippen molar-refractivity contribution in [3.8, 4) is 0 Å². The van der Waals surface area contributed by atoms with E-state index in [4.69, 9.17) is 14.2 Å². The average Bonchev–Trinajstić information content (AvgIpc) is 3.01. The number of esters is 2. The highest BCUT2D eigenvalue weighted by Gasteiger charge is 2.25. The maximum Gasteiger partial charge on any atom is 0.306 e. The molecule has 0 spiro atoms. The number of ether oxygens (including phenoxy) is 3. The summed E-state index contributed by atoms with van der Waals surface area (Å²) < 4.78 is 17.0. The van der Waals surface area contributed by atoms with Gasteiger partial charge in [-0.15, -0.1) is 0 Å². The third kappa shape index (κ3) is 29.4. The largest absolute Gasteiger partial charge is 0.544 e. The van der Waals surface area contributed by atoms with E-state index in [0.29, 0.717) is 19.3 Å². The van der Waals surface area contributed by atoms with Gasteiger partial charge in [-0.3, -0.25) is 9.59 Å². The topological polar surface area (TPSA) is 102 Å². The van der Waals surface area contributed by atoms with E-state index in [2.05, 4.69) is 50.3 Å². The Morgan fingerprint density at radius 1 is 0.660 bits per heavy atom. The van der Waals surface area contributed by atoms with E-state index < -0.39 is 18.1 Å². The van der Waals surface area contributed by atoms with Gasteiger partial charge in [-0.05, 0) is 57.8 Å². The molecule has 0 rings (SSSR count). The van der Waals surface area contributed by atoms with Gasteiger partial charge in [0.15, 0.2) is 6.10 Å². The smallest absolute Gasteiger partial charge is 0.306 e. The molecule has 0 fully saturated rings. The fourth-order valence-electron chi connectivity index (χ4n) is 5.11. The zero-order valence-corrected chi connectivity index (χ0v) is 30.7. The van der Waals surface area contributed by atoms with Gasteiger partial charge in [0.05, 0.1) is 40.3 Å². The molecule has 0 radical (unpaired) electrons. The summed E-state index contributed by atoms with van der Waals surface area (Å²) in [5, 5.41) is 11.6. The summed E-state index contributed by atoms with van der Waals surface area (Å²) in [6.07, 6.45) is 31.8. The fraction of sp³-hybridized carbons (Fsp3) is 0.769. The Labute approximate surface area is 287 Å². The number of likely N-dealkylation sites (N-methyl/N-ethyl adjacent to an activating group) is 1. The number of allylic oxidation sites excluding steroid dienone is 6. The van der Waals surface area contributed by atoms with Crippen LogP contribution in [0.15, 0.2) is 36.5 Å². The number of hydrogen-bond donors (Lipinski definition) is 0. The molecular weight excluding hydrogens is 594 g/mol. The van der Waals surface area contributed by atoms with Crippen LogP contribution in [-0.4, -0.2) is 75.5 Å². The van der Waals surface area contributed by atoms with Crippen LogP contribution in [-0.2, 0) is 28.6 Å². The maximum atomic E-state index is 12.6. The molecule has 0 aromatic heterocycles. The highest BCUT2D eigenvalue weighted by molar-refractivity contribution is 5.70. The minimum Gasteiger partial charge on any atom is -0.544 e. The third-order valence-electron chi connectivity index (χ3n) is 8.01. The Hall–Kier alpha value is -2.45. The minimum absolute atomic E-state index is 0.0291. The Kier molecular flexibility index (Phi) is 29.2. The molecule has 8 heteroatoms. The zero-order valence-electron chi connectivity index (χ0n) is 30.7. The van der Waals surface area contributed by atoms with Gasteiger partial charge in [-0.25, -0.2) is 0 Å². The Morgan fingerprint density at radius 3 is 1.83 bits per heavy atom. The van der Waals surface area contributed by atoms with E-state index in [1.54, 1.807) is 21.1 Å². The molecule has 0 aliphatic heterocycles.